The van der Waals surface area contributed by atoms with Gasteiger partial charge in [-0.3, -0.25) is 4.79 Å². The van der Waals surface area contributed by atoms with Gasteiger partial charge in [0.2, 0.25) is 5.91 Å². The van der Waals surface area contributed by atoms with Crippen molar-refractivity contribution in [3.05, 3.63) is 24.3 Å². The highest BCUT2D eigenvalue weighted by atomic mass is 16.5. The van der Waals surface area contributed by atoms with Crippen LogP contribution >= 0.6 is 0 Å². The first-order chi connectivity index (χ1) is 10.1. The number of likely N-dealkylation sites (N-methyl/N-ethyl adjacent to an activating group) is 1. The number of hydrogen-bond acceptors (Lipinski definition) is 4. The highest BCUT2D eigenvalue weighted by molar-refractivity contribution is 5.91. The van der Waals surface area contributed by atoms with Crippen LogP contribution in [0.25, 0.3) is 0 Å². The smallest absolute Gasteiger partial charge is 0.224 e. The summed E-state index contributed by atoms with van der Waals surface area (Å²) in [6, 6.07) is 7.58. The summed E-state index contributed by atoms with van der Waals surface area (Å²) in [5, 5.41) is 6.23. The summed E-state index contributed by atoms with van der Waals surface area (Å²) >= 11 is 0. The van der Waals surface area contributed by atoms with Crippen LogP contribution in [0, 0.1) is 5.92 Å². The van der Waals surface area contributed by atoms with E-state index in [2.05, 4.69) is 15.5 Å². The predicted molar refractivity (Wildman–Crippen MR) is 84.7 cm³/mol. The highest BCUT2D eigenvalue weighted by Gasteiger charge is 2.18. The Morgan fingerprint density at radius 1 is 1.48 bits per heavy atom. The van der Waals surface area contributed by atoms with Crippen LogP contribution in [0.1, 0.15) is 12.8 Å². The van der Waals surface area contributed by atoms with Gasteiger partial charge >= 0.3 is 0 Å². The Morgan fingerprint density at radius 2 is 2.33 bits per heavy atom. The van der Waals surface area contributed by atoms with E-state index in [0.29, 0.717) is 18.9 Å². The molecular weight excluding hydrogens is 266 g/mol. The van der Waals surface area contributed by atoms with Crippen molar-refractivity contribution in [2.45, 2.75) is 12.8 Å². The number of nitrogens with one attached hydrogen (secondary N) is 2. The summed E-state index contributed by atoms with van der Waals surface area (Å²) in [7, 11) is 4.02. The third kappa shape index (κ3) is 5.73. The first-order valence-corrected chi connectivity index (χ1v) is 7.51. The molecule has 0 aromatic heterocycles. The standard InChI is InChI=1S/C16H25N3O2/c1-19(2)8-9-21-15-5-3-4-14(11-15)18-16(20)10-13-6-7-17-12-13/h3-5,11,13,17H,6-10,12H2,1-2H3,(H,18,20). The zero-order chi connectivity index (χ0) is 15.1. The summed E-state index contributed by atoms with van der Waals surface area (Å²) in [5.74, 6) is 1.33. The molecule has 1 aliphatic rings. The van der Waals surface area contributed by atoms with E-state index in [1.807, 2.05) is 38.4 Å². The molecule has 1 amide bonds. The molecule has 2 rings (SSSR count). The first-order valence-electron chi connectivity index (χ1n) is 7.51. The molecule has 1 fully saturated rings. The second kappa shape index (κ2) is 8.00. The van der Waals surface area contributed by atoms with E-state index in [4.69, 9.17) is 4.74 Å². The lowest BCUT2D eigenvalue weighted by molar-refractivity contribution is -0.116. The van der Waals surface area contributed by atoms with Gasteiger partial charge in [-0.25, -0.2) is 0 Å². The third-order valence-corrected chi connectivity index (χ3v) is 3.56. The van der Waals surface area contributed by atoms with Gasteiger partial charge in [0.05, 0.1) is 0 Å². The van der Waals surface area contributed by atoms with E-state index in [9.17, 15) is 4.79 Å². The molecule has 1 aliphatic heterocycles. The Balaban J connectivity index is 1.80. The van der Waals surface area contributed by atoms with Gasteiger partial charge in [-0.05, 0) is 51.7 Å². The maximum Gasteiger partial charge on any atom is 0.224 e. The molecule has 21 heavy (non-hydrogen) atoms. The Kier molecular flexibility index (Phi) is 6.02. The normalized spacial score (nSPS) is 18.0. The number of benzene rings is 1. The fourth-order valence-corrected chi connectivity index (χ4v) is 2.37. The summed E-state index contributed by atoms with van der Waals surface area (Å²) in [5.41, 5.74) is 0.799. The molecule has 1 aromatic rings. The number of nitrogens with zero attached hydrogens (tertiary/aromatic N) is 1. The predicted octanol–water partition coefficient (Wildman–Crippen LogP) is 1.57. The van der Waals surface area contributed by atoms with Crippen molar-refractivity contribution in [3.63, 3.8) is 0 Å². The average Bonchev–Trinajstić information content (AvgIpc) is 2.91. The van der Waals surface area contributed by atoms with Crippen molar-refractivity contribution in [2.75, 3.05) is 45.7 Å². The molecular formula is C16H25N3O2. The van der Waals surface area contributed by atoms with Crippen LogP contribution < -0.4 is 15.4 Å². The van der Waals surface area contributed by atoms with E-state index in [1.165, 1.54) is 0 Å². The molecule has 1 heterocycles. The maximum atomic E-state index is 12.0. The number of carbonyl (C=O) groups is 1. The lowest BCUT2D eigenvalue weighted by atomic mass is 10.0. The molecule has 1 aromatic carbocycles. The maximum absolute atomic E-state index is 12.0. The lowest BCUT2D eigenvalue weighted by Gasteiger charge is -2.13. The Hall–Kier alpha value is -1.59. The van der Waals surface area contributed by atoms with E-state index in [0.717, 1.165) is 37.5 Å². The first kappa shape index (κ1) is 15.8. The lowest BCUT2D eigenvalue weighted by Crippen LogP contribution is -2.19. The molecule has 5 heteroatoms. The van der Waals surface area contributed by atoms with Crippen molar-refractivity contribution in [2.24, 2.45) is 5.92 Å². The van der Waals surface area contributed by atoms with Crippen LogP contribution in [0.4, 0.5) is 5.69 Å². The zero-order valence-electron chi connectivity index (χ0n) is 12.9. The molecule has 1 atom stereocenters. The van der Waals surface area contributed by atoms with Crippen molar-refractivity contribution >= 4 is 11.6 Å². The van der Waals surface area contributed by atoms with Crippen LogP contribution in [0.5, 0.6) is 5.75 Å². The summed E-state index contributed by atoms with van der Waals surface area (Å²) < 4.78 is 5.67. The second-order valence-electron chi connectivity index (χ2n) is 5.79. The average molecular weight is 291 g/mol. The quantitative estimate of drug-likeness (QED) is 0.800. The number of rotatable bonds is 7. The number of hydrogen-bond donors (Lipinski definition) is 2. The Morgan fingerprint density at radius 3 is 3.05 bits per heavy atom. The third-order valence-electron chi connectivity index (χ3n) is 3.56. The highest BCUT2D eigenvalue weighted by Crippen LogP contribution is 2.19. The Bertz CT molecular complexity index is 457. The van der Waals surface area contributed by atoms with Gasteiger partial charge in [0, 0.05) is 24.7 Å². The van der Waals surface area contributed by atoms with E-state index >= 15 is 0 Å². The van der Waals surface area contributed by atoms with E-state index in [-0.39, 0.29) is 5.91 Å². The van der Waals surface area contributed by atoms with Crippen LogP contribution in [-0.2, 0) is 4.79 Å². The molecule has 116 valence electrons. The SMILES string of the molecule is CN(C)CCOc1cccc(NC(=O)CC2CCNC2)c1. The molecule has 0 spiro atoms. The van der Waals surface area contributed by atoms with Gasteiger partial charge in [0.1, 0.15) is 12.4 Å². The van der Waals surface area contributed by atoms with Gasteiger partial charge in [-0.15, -0.1) is 0 Å². The minimum absolute atomic E-state index is 0.0779. The summed E-state index contributed by atoms with van der Waals surface area (Å²) in [6.07, 6.45) is 1.67. The largest absolute Gasteiger partial charge is 0.492 e. The monoisotopic (exact) mass is 291 g/mol. The molecule has 0 radical (unpaired) electrons. The minimum atomic E-state index is 0.0779. The van der Waals surface area contributed by atoms with Crippen LogP contribution in [0.2, 0.25) is 0 Å². The number of anilines is 1. The van der Waals surface area contributed by atoms with Gasteiger partial charge in [-0.1, -0.05) is 6.07 Å². The molecule has 1 unspecified atom stereocenters. The van der Waals surface area contributed by atoms with Gasteiger partial charge in [0.25, 0.3) is 0 Å². The van der Waals surface area contributed by atoms with Gasteiger partial charge < -0.3 is 20.3 Å². The fraction of sp³-hybridized carbons (Fsp3) is 0.562. The fourth-order valence-electron chi connectivity index (χ4n) is 2.37. The van der Waals surface area contributed by atoms with Crippen molar-refractivity contribution < 1.29 is 9.53 Å². The van der Waals surface area contributed by atoms with Gasteiger partial charge in [-0.2, -0.15) is 0 Å². The molecule has 0 saturated carbocycles. The van der Waals surface area contributed by atoms with E-state index < -0.39 is 0 Å². The number of carbonyl (C=O) groups excluding carboxylic acids is 1. The topological polar surface area (TPSA) is 53.6 Å². The minimum Gasteiger partial charge on any atom is -0.492 e. The summed E-state index contributed by atoms with van der Waals surface area (Å²) in [6.45, 7) is 3.47. The Labute approximate surface area is 126 Å². The second-order valence-corrected chi connectivity index (χ2v) is 5.79. The number of ether oxygens (including phenoxy) is 1. The molecule has 0 aliphatic carbocycles. The molecule has 5 nitrogen and oxygen atoms in total. The van der Waals surface area contributed by atoms with Crippen molar-refractivity contribution in [3.8, 4) is 5.75 Å². The van der Waals surface area contributed by atoms with Gasteiger partial charge in [0.15, 0.2) is 0 Å². The number of amides is 1. The van der Waals surface area contributed by atoms with Crippen molar-refractivity contribution in [1.82, 2.24) is 10.2 Å². The van der Waals surface area contributed by atoms with Crippen LogP contribution in [0.3, 0.4) is 0 Å². The molecule has 1 saturated heterocycles. The summed E-state index contributed by atoms with van der Waals surface area (Å²) in [4.78, 5) is 14.1. The van der Waals surface area contributed by atoms with Crippen LogP contribution in [0.15, 0.2) is 24.3 Å². The zero-order valence-corrected chi connectivity index (χ0v) is 12.9. The van der Waals surface area contributed by atoms with Crippen molar-refractivity contribution in [1.29, 1.82) is 0 Å². The molecule has 2 N–H and O–H groups in total. The van der Waals surface area contributed by atoms with E-state index in [1.54, 1.807) is 0 Å². The van der Waals surface area contributed by atoms with Crippen LogP contribution in [-0.4, -0.2) is 51.1 Å². The molecule has 0 bridgehead atoms.